The molecular weight excluding hydrogens is 196 g/mol. The van der Waals surface area contributed by atoms with E-state index in [1.807, 2.05) is 0 Å². The van der Waals surface area contributed by atoms with E-state index < -0.39 is 0 Å². The van der Waals surface area contributed by atoms with Crippen LogP contribution >= 0.6 is 0 Å². The van der Waals surface area contributed by atoms with Gasteiger partial charge in [0.1, 0.15) is 0 Å². The number of rotatable bonds is 7. The van der Waals surface area contributed by atoms with Gasteiger partial charge in [-0.1, -0.05) is 33.1 Å². The first-order valence-corrected chi connectivity index (χ1v) is 7.18. The molecule has 96 valence electrons. The second kappa shape index (κ2) is 7.29. The lowest BCUT2D eigenvalue weighted by Gasteiger charge is -2.36. The fraction of sp³-hybridized carbons (Fsp3) is 1.00. The third-order valence-electron chi connectivity index (χ3n) is 3.96. The fourth-order valence-electron chi connectivity index (χ4n) is 2.58. The summed E-state index contributed by atoms with van der Waals surface area (Å²) in [6.07, 6.45) is 9.31. The van der Waals surface area contributed by atoms with Gasteiger partial charge >= 0.3 is 0 Å². The molecular formula is C14H30N2. The summed E-state index contributed by atoms with van der Waals surface area (Å²) >= 11 is 0. The van der Waals surface area contributed by atoms with Gasteiger partial charge in [-0.25, -0.2) is 0 Å². The zero-order chi connectivity index (χ0) is 11.9. The van der Waals surface area contributed by atoms with E-state index in [4.69, 9.17) is 0 Å². The molecule has 0 aromatic carbocycles. The number of piperidine rings is 1. The van der Waals surface area contributed by atoms with E-state index in [1.54, 1.807) is 0 Å². The molecule has 0 aromatic rings. The summed E-state index contributed by atoms with van der Waals surface area (Å²) < 4.78 is 0. The van der Waals surface area contributed by atoms with Crippen LogP contribution in [0.15, 0.2) is 0 Å². The summed E-state index contributed by atoms with van der Waals surface area (Å²) in [7, 11) is 0. The highest BCUT2D eigenvalue weighted by atomic mass is 15.0. The van der Waals surface area contributed by atoms with Gasteiger partial charge in [-0.05, 0) is 39.2 Å². The molecule has 1 heterocycles. The second-order valence-corrected chi connectivity index (χ2v) is 5.56. The van der Waals surface area contributed by atoms with Gasteiger partial charge in [0.15, 0.2) is 0 Å². The topological polar surface area (TPSA) is 24.1 Å². The van der Waals surface area contributed by atoms with Gasteiger partial charge in [-0.2, -0.15) is 0 Å². The molecule has 1 rings (SSSR count). The highest BCUT2D eigenvalue weighted by Gasteiger charge is 2.25. The Labute approximate surface area is 102 Å². The lowest BCUT2D eigenvalue weighted by atomic mass is 9.89. The SMILES string of the molecule is CCCCCC(C)(CC)NC1CCCNC1. The first-order valence-electron chi connectivity index (χ1n) is 7.18. The monoisotopic (exact) mass is 226 g/mol. The summed E-state index contributed by atoms with van der Waals surface area (Å²) in [5.41, 5.74) is 0.360. The van der Waals surface area contributed by atoms with Gasteiger partial charge in [-0.15, -0.1) is 0 Å². The first kappa shape index (κ1) is 14.0. The Hall–Kier alpha value is -0.0800. The average molecular weight is 226 g/mol. The molecule has 16 heavy (non-hydrogen) atoms. The molecule has 0 radical (unpaired) electrons. The molecule has 2 heteroatoms. The molecule has 1 saturated heterocycles. The maximum Gasteiger partial charge on any atom is 0.0198 e. The van der Waals surface area contributed by atoms with Crippen molar-refractivity contribution in [3.8, 4) is 0 Å². The molecule has 2 N–H and O–H groups in total. The fourth-order valence-corrected chi connectivity index (χ4v) is 2.58. The summed E-state index contributed by atoms with van der Waals surface area (Å²) in [5.74, 6) is 0. The lowest BCUT2D eigenvalue weighted by Crippen LogP contribution is -2.53. The Balaban J connectivity index is 2.32. The predicted molar refractivity (Wildman–Crippen MR) is 71.9 cm³/mol. The third kappa shape index (κ3) is 4.84. The lowest BCUT2D eigenvalue weighted by molar-refractivity contribution is 0.246. The van der Waals surface area contributed by atoms with Gasteiger partial charge in [0.25, 0.3) is 0 Å². The van der Waals surface area contributed by atoms with Crippen LogP contribution in [0.25, 0.3) is 0 Å². The van der Waals surface area contributed by atoms with Crippen molar-refractivity contribution in [2.24, 2.45) is 0 Å². The van der Waals surface area contributed by atoms with Crippen molar-refractivity contribution in [1.82, 2.24) is 10.6 Å². The van der Waals surface area contributed by atoms with Crippen LogP contribution in [0.4, 0.5) is 0 Å². The number of nitrogens with one attached hydrogen (secondary N) is 2. The summed E-state index contributed by atoms with van der Waals surface area (Å²) in [5, 5.41) is 7.36. The highest BCUT2D eigenvalue weighted by molar-refractivity contribution is 4.87. The van der Waals surface area contributed by atoms with Crippen LogP contribution < -0.4 is 10.6 Å². The zero-order valence-electron chi connectivity index (χ0n) is 11.4. The van der Waals surface area contributed by atoms with Crippen LogP contribution in [0.5, 0.6) is 0 Å². The molecule has 0 amide bonds. The summed E-state index contributed by atoms with van der Waals surface area (Å²) in [6.45, 7) is 9.36. The minimum atomic E-state index is 0.360. The van der Waals surface area contributed by atoms with Gasteiger partial charge < -0.3 is 10.6 Å². The molecule has 1 aliphatic heterocycles. The quantitative estimate of drug-likeness (QED) is 0.652. The molecule has 2 unspecified atom stereocenters. The van der Waals surface area contributed by atoms with E-state index >= 15 is 0 Å². The minimum absolute atomic E-state index is 0.360. The second-order valence-electron chi connectivity index (χ2n) is 5.56. The maximum absolute atomic E-state index is 3.88. The Morgan fingerprint density at radius 2 is 2.12 bits per heavy atom. The normalized spacial score (nSPS) is 25.3. The van der Waals surface area contributed by atoms with Crippen LogP contribution in [0.2, 0.25) is 0 Å². The van der Waals surface area contributed by atoms with E-state index in [1.165, 1.54) is 51.5 Å². The Morgan fingerprint density at radius 1 is 1.31 bits per heavy atom. The van der Waals surface area contributed by atoms with E-state index in [-0.39, 0.29) is 0 Å². The molecule has 0 spiro atoms. The molecule has 1 fully saturated rings. The van der Waals surface area contributed by atoms with Crippen LogP contribution in [0, 0.1) is 0 Å². The van der Waals surface area contributed by atoms with Gasteiger partial charge in [-0.3, -0.25) is 0 Å². The Kier molecular flexibility index (Phi) is 6.37. The average Bonchev–Trinajstić information content (AvgIpc) is 2.31. The van der Waals surface area contributed by atoms with E-state index in [0.29, 0.717) is 11.6 Å². The van der Waals surface area contributed by atoms with E-state index in [9.17, 15) is 0 Å². The van der Waals surface area contributed by atoms with Gasteiger partial charge in [0.05, 0.1) is 0 Å². The van der Waals surface area contributed by atoms with Crippen LogP contribution in [0.3, 0.4) is 0 Å². The summed E-state index contributed by atoms with van der Waals surface area (Å²) in [6, 6.07) is 0.695. The predicted octanol–water partition coefficient (Wildman–Crippen LogP) is 3.08. The van der Waals surface area contributed by atoms with Gasteiger partial charge in [0, 0.05) is 18.1 Å². The van der Waals surface area contributed by atoms with Crippen molar-refractivity contribution in [2.75, 3.05) is 13.1 Å². The Morgan fingerprint density at radius 3 is 2.69 bits per heavy atom. The van der Waals surface area contributed by atoms with Crippen molar-refractivity contribution in [3.63, 3.8) is 0 Å². The molecule has 0 saturated carbocycles. The maximum atomic E-state index is 3.88. The highest BCUT2D eigenvalue weighted by Crippen LogP contribution is 2.20. The molecule has 2 atom stereocenters. The van der Waals surface area contributed by atoms with Gasteiger partial charge in [0.2, 0.25) is 0 Å². The number of unbranched alkanes of at least 4 members (excludes halogenated alkanes) is 2. The number of hydrogen-bond donors (Lipinski definition) is 2. The Bertz CT molecular complexity index is 176. The number of hydrogen-bond acceptors (Lipinski definition) is 2. The van der Waals surface area contributed by atoms with E-state index in [0.717, 1.165) is 6.54 Å². The van der Waals surface area contributed by atoms with Crippen LogP contribution in [-0.4, -0.2) is 24.7 Å². The standard InChI is InChI=1S/C14H30N2/c1-4-6-7-10-14(3,5-2)16-13-9-8-11-15-12-13/h13,15-16H,4-12H2,1-3H3. The molecule has 2 nitrogen and oxygen atoms in total. The molecule has 0 aliphatic carbocycles. The summed E-state index contributed by atoms with van der Waals surface area (Å²) in [4.78, 5) is 0. The largest absolute Gasteiger partial charge is 0.315 e. The van der Waals surface area contributed by atoms with Crippen LogP contribution in [-0.2, 0) is 0 Å². The smallest absolute Gasteiger partial charge is 0.0198 e. The van der Waals surface area contributed by atoms with Crippen molar-refractivity contribution >= 4 is 0 Å². The van der Waals surface area contributed by atoms with Crippen LogP contribution in [0.1, 0.15) is 65.7 Å². The minimum Gasteiger partial charge on any atom is -0.315 e. The van der Waals surface area contributed by atoms with Crippen molar-refractivity contribution in [1.29, 1.82) is 0 Å². The van der Waals surface area contributed by atoms with Crippen molar-refractivity contribution in [3.05, 3.63) is 0 Å². The first-order chi connectivity index (χ1) is 7.70. The molecule has 0 bridgehead atoms. The third-order valence-corrected chi connectivity index (χ3v) is 3.96. The van der Waals surface area contributed by atoms with Crippen molar-refractivity contribution < 1.29 is 0 Å². The zero-order valence-corrected chi connectivity index (χ0v) is 11.4. The van der Waals surface area contributed by atoms with Crippen molar-refractivity contribution in [2.45, 2.75) is 77.3 Å². The molecule has 0 aromatic heterocycles. The van der Waals surface area contributed by atoms with E-state index in [2.05, 4.69) is 31.4 Å². The molecule has 1 aliphatic rings.